The van der Waals surface area contributed by atoms with E-state index in [9.17, 15) is 4.79 Å². The third-order valence-corrected chi connectivity index (χ3v) is 4.00. The maximum absolute atomic E-state index is 11.5. The van der Waals surface area contributed by atoms with Gasteiger partial charge in [-0.3, -0.25) is 4.99 Å². The molecule has 1 heterocycles. The van der Waals surface area contributed by atoms with E-state index in [1.807, 2.05) is 20.8 Å². The molecule has 0 saturated heterocycles. The zero-order valence-electron chi connectivity index (χ0n) is 15.4. The van der Waals surface area contributed by atoms with Gasteiger partial charge in [0.2, 0.25) is 0 Å². The van der Waals surface area contributed by atoms with Gasteiger partial charge in [0.15, 0.2) is 5.96 Å². The number of thiazole rings is 1. The average molecular weight is 356 g/mol. The van der Waals surface area contributed by atoms with Crippen molar-refractivity contribution in [3.63, 3.8) is 0 Å². The van der Waals surface area contributed by atoms with Crippen LogP contribution in [0.15, 0.2) is 10.4 Å². The van der Waals surface area contributed by atoms with Gasteiger partial charge in [-0.15, -0.1) is 11.3 Å². The normalized spacial score (nSPS) is 12.2. The minimum atomic E-state index is -0.489. The number of alkyl carbamates (subject to hydrolysis) is 1. The van der Waals surface area contributed by atoms with Crippen molar-refractivity contribution in [2.75, 3.05) is 20.1 Å². The van der Waals surface area contributed by atoms with Crippen molar-refractivity contribution in [1.82, 2.24) is 20.9 Å². The zero-order valence-corrected chi connectivity index (χ0v) is 16.2. The van der Waals surface area contributed by atoms with E-state index < -0.39 is 11.7 Å². The SMILES string of the molecule is CN=C(NCCNC(=O)OC(C)(C)C)NCc1csc(C(C)C)n1. The van der Waals surface area contributed by atoms with Crippen LogP contribution in [-0.2, 0) is 11.3 Å². The molecule has 1 rings (SSSR count). The topological polar surface area (TPSA) is 87.6 Å². The molecule has 0 radical (unpaired) electrons. The summed E-state index contributed by atoms with van der Waals surface area (Å²) in [7, 11) is 1.71. The highest BCUT2D eigenvalue weighted by molar-refractivity contribution is 7.09. The summed E-state index contributed by atoms with van der Waals surface area (Å²) in [5.41, 5.74) is 0.510. The fourth-order valence-corrected chi connectivity index (χ4v) is 2.56. The zero-order chi connectivity index (χ0) is 18.2. The van der Waals surface area contributed by atoms with Crippen LogP contribution in [0.5, 0.6) is 0 Å². The van der Waals surface area contributed by atoms with E-state index >= 15 is 0 Å². The molecule has 0 spiro atoms. The van der Waals surface area contributed by atoms with Crippen molar-refractivity contribution < 1.29 is 9.53 Å². The van der Waals surface area contributed by atoms with Gasteiger partial charge in [-0.2, -0.15) is 0 Å². The second-order valence-electron chi connectivity index (χ2n) is 6.61. The van der Waals surface area contributed by atoms with E-state index in [1.165, 1.54) is 0 Å². The summed E-state index contributed by atoms with van der Waals surface area (Å²) in [6.07, 6.45) is -0.420. The van der Waals surface area contributed by atoms with Crippen molar-refractivity contribution in [2.24, 2.45) is 4.99 Å². The molecule has 0 aliphatic heterocycles. The van der Waals surface area contributed by atoms with E-state index in [-0.39, 0.29) is 0 Å². The molecule has 1 amide bonds. The molecule has 0 bridgehead atoms. The second-order valence-corrected chi connectivity index (χ2v) is 7.50. The van der Waals surface area contributed by atoms with Gasteiger partial charge >= 0.3 is 6.09 Å². The Bertz CT molecular complexity index is 549. The van der Waals surface area contributed by atoms with Crippen molar-refractivity contribution in [2.45, 2.75) is 52.7 Å². The van der Waals surface area contributed by atoms with E-state index in [4.69, 9.17) is 4.74 Å². The van der Waals surface area contributed by atoms with Crippen molar-refractivity contribution in [1.29, 1.82) is 0 Å². The fourth-order valence-electron chi connectivity index (χ4n) is 1.72. The highest BCUT2D eigenvalue weighted by Gasteiger charge is 2.15. The Labute approximate surface area is 148 Å². The standard InChI is InChI=1S/C16H29N5O2S/c1-11(2)13-21-12(10-24-13)9-20-14(17-6)18-7-8-19-15(22)23-16(3,4)5/h10-11H,7-9H2,1-6H3,(H,19,22)(H2,17,18,20). The Morgan fingerprint density at radius 3 is 2.50 bits per heavy atom. The molecule has 0 atom stereocenters. The molecule has 8 heteroatoms. The lowest BCUT2D eigenvalue weighted by Crippen LogP contribution is -2.42. The van der Waals surface area contributed by atoms with Crippen LogP contribution in [0.25, 0.3) is 0 Å². The summed E-state index contributed by atoms with van der Waals surface area (Å²) < 4.78 is 5.17. The van der Waals surface area contributed by atoms with Crippen LogP contribution in [0.1, 0.15) is 51.2 Å². The van der Waals surface area contributed by atoms with Gasteiger partial charge in [-0.25, -0.2) is 9.78 Å². The number of aliphatic imine (C=N–C) groups is 1. The van der Waals surface area contributed by atoms with E-state index in [0.717, 1.165) is 10.7 Å². The van der Waals surface area contributed by atoms with Gasteiger partial charge in [-0.1, -0.05) is 13.8 Å². The van der Waals surface area contributed by atoms with Crippen molar-refractivity contribution in [3.05, 3.63) is 16.1 Å². The maximum Gasteiger partial charge on any atom is 0.407 e. The molecule has 1 aromatic heterocycles. The lowest BCUT2D eigenvalue weighted by atomic mass is 10.2. The first-order valence-electron chi connectivity index (χ1n) is 8.07. The number of aromatic nitrogens is 1. The van der Waals surface area contributed by atoms with Gasteiger partial charge in [0, 0.05) is 31.4 Å². The Morgan fingerprint density at radius 1 is 1.29 bits per heavy atom. The molecule has 0 saturated carbocycles. The minimum absolute atomic E-state index is 0.420. The predicted octanol–water partition coefficient (Wildman–Crippen LogP) is 2.46. The summed E-state index contributed by atoms with van der Waals surface area (Å²) in [5.74, 6) is 1.11. The number of hydrogen-bond donors (Lipinski definition) is 3. The van der Waals surface area contributed by atoms with Crippen molar-refractivity contribution in [3.8, 4) is 0 Å². The van der Waals surface area contributed by atoms with Gasteiger partial charge in [0.25, 0.3) is 0 Å². The van der Waals surface area contributed by atoms with Gasteiger partial charge < -0.3 is 20.7 Å². The first kappa shape index (κ1) is 20.2. The molecule has 1 aromatic rings. The lowest BCUT2D eigenvalue weighted by Gasteiger charge is -2.19. The highest BCUT2D eigenvalue weighted by Crippen LogP contribution is 2.18. The molecule has 0 aliphatic rings. The average Bonchev–Trinajstić information content (AvgIpc) is 2.93. The monoisotopic (exact) mass is 355 g/mol. The summed E-state index contributed by atoms with van der Waals surface area (Å²) in [4.78, 5) is 20.2. The number of nitrogens with zero attached hydrogens (tertiary/aromatic N) is 2. The Kier molecular flexibility index (Phi) is 7.97. The number of amides is 1. The molecule has 24 heavy (non-hydrogen) atoms. The number of nitrogens with one attached hydrogen (secondary N) is 3. The van der Waals surface area contributed by atoms with E-state index in [0.29, 0.717) is 31.5 Å². The van der Waals surface area contributed by atoms with Crippen LogP contribution in [-0.4, -0.2) is 42.8 Å². The Morgan fingerprint density at radius 2 is 1.96 bits per heavy atom. The van der Waals surface area contributed by atoms with Gasteiger partial charge in [0.1, 0.15) is 5.60 Å². The summed E-state index contributed by atoms with van der Waals surface area (Å²) in [5, 5.41) is 12.2. The number of carbonyl (C=O) groups excluding carboxylic acids is 1. The highest BCUT2D eigenvalue weighted by atomic mass is 32.1. The molecular formula is C16H29N5O2S. The summed E-state index contributed by atoms with van der Waals surface area (Å²) in [6.45, 7) is 11.4. The number of carbonyl (C=O) groups is 1. The lowest BCUT2D eigenvalue weighted by molar-refractivity contribution is 0.0529. The van der Waals surface area contributed by atoms with Crippen LogP contribution in [0.3, 0.4) is 0 Å². The first-order chi connectivity index (χ1) is 11.2. The van der Waals surface area contributed by atoms with Gasteiger partial charge in [-0.05, 0) is 20.8 Å². The van der Waals surface area contributed by atoms with Gasteiger partial charge in [0.05, 0.1) is 17.2 Å². The van der Waals surface area contributed by atoms with Crippen LogP contribution in [0, 0.1) is 0 Å². The Hall–Kier alpha value is -1.83. The fraction of sp³-hybridized carbons (Fsp3) is 0.688. The van der Waals surface area contributed by atoms with Crippen LogP contribution >= 0.6 is 11.3 Å². The van der Waals surface area contributed by atoms with Crippen LogP contribution < -0.4 is 16.0 Å². The smallest absolute Gasteiger partial charge is 0.407 e. The molecule has 0 aromatic carbocycles. The maximum atomic E-state index is 11.5. The number of guanidine groups is 1. The largest absolute Gasteiger partial charge is 0.444 e. The summed E-state index contributed by atoms with van der Waals surface area (Å²) in [6, 6.07) is 0. The van der Waals surface area contributed by atoms with Crippen LogP contribution in [0.4, 0.5) is 4.79 Å². The number of rotatable bonds is 6. The molecule has 136 valence electrons. The van der Waals surface area contributed by atoms with E-state index in [1.54, 1.807) is 18.4 Å². The van der Waals surface area contributed by atoms with Crippen LogP contribution in [0.2, 0.25) is 0 Å². The predicted molar refractivity (Wildman–Crippen MR) is 98.6 cm³/mol. The third kappa shape index (κ3) is 8.14. The number of hydrogen-bond acceptors (Lipinski definition) is 5. The molecule has 3 N–H and O–H groups in total. The number of ether oxygens (including phenoxy) is 1. The Balaban J connectivity index is 2.26. The molecule has 7 nitrogen and oxygen atoms in total. The first-order valence-corrected chi connectivity index (χ1v) is 8.95. The second kappa shape index (κ2) is 9.46. The molecule has 0 fully saturated rings. The molecule has 0 unspecified atom stereocenters. The van der Waals surface area contributed by atoms with Crippen molar-refractivity contribution >= 4 is 23.4 Å². The summed E-state index contributed by atoms with van der Waals surface area (Å²) >= 11 is 1.67. The molecule has 0 aliphatic carbocycles. The quantitative estimate of drug-likeness (QED) is 0.414. The molecular weight excluding hydrogens is 326 g/mol. The third-order valence-electron chi connectivity index (χ3n) is 2.81. The van der Waals surface area contributed by atoms with E-state index in [2.05, 4.69) is 45.2 Å². The minimum Gasteiger partial charge on any atom is -0.444 e.